The number of likely N-dealkylation sites (N-methyl/N-ethyl adjacent to an activating group) is 1. The predicted molar refractivity (Wildman–Crippen MR) is 172 cm³/mol. The Hall–Kier alpha value is -2.95. The van der Waals surface area contributed by atoms with Crippen LogP contribution in [0.3, 0.4) is 0 Å². The molecule has 2 heterocycles. The van der Waals surface area contributed by atoms with Gasteiger partial charge >= 0.3 is 0 Å². The number of aromatic amines is 1. The van der Waals surface area contributed by atoms with E-state index in [4.69, 9.17) is 28.9 Å². The molecule has 0 radical (unpaired) electrons. The number of carbonyl (C=O) groups is 1. The van der Waals surface area contributed by atoms with Gasteiger partial charge in [0.2, 0.25) is 5.56 Å². The number of pyridine rings is 1. The van der Waals surface area contributed by atoms with Crippen LogP contribution in [0, 0.1) is 5.82 Å². The van der Waals surface area contributed by atoms with Gasteiger partial charge in [-0.05, 0) is 92.6 Å². The molecule has 7 nitrogen and oxygen atoms in total. The molecule has 0 saturated heterocycles. The molecule has 11 heteroatoms. The number of rotatable bonds is 7. The molecule has 1 aliphatic heterocycles. The molecular formula is C31H34Cl2FN5O2S. The third kappa shape index (κ3) is 6.98. The maximum absolute atomic E-state index is 13.3. The molecule has 1 unspecified atom stereocenters. The highest BCUT2D eigenvalue weighted by molar-refractivity contribution is 7.96. The summed E-state index contributed by atoms with van der Waals surface area (Å²) in [5.74, 6) is -0.558. The van der Waals surface area contributed by atoms with Crippen molar-refractivity contribution in [3.05, 3.63) is 103 Å². The monoisotopic (exact) mass is 629 g/mol. The van der Waals surface area contributed by atoms with Crippen LogP contribution in [-0.4, -0.2) is 54.8 Å². The average molecular weight is 631 g/mol. The van der Waals surface area contributed by atoms with Crippen LogP contribution in [0.25, 0.3) is 11.1 Å². The predicted octanol–water partition coefficient (Wildman–Crippen LogP) is 6.20. The maximum atomic E-state index is 13.3. The van der Waals surface area contributed by atoms with E-state index in [9.17, 15) is 14.0 Å². The zero-order chi connectivity index (χ0) is 30.6. The fourth-order valence-electron chi connectivity index (χ4n) is 5.07. The van der Waals surface area contributed by atoms with E-state index < -0.39 is 5.82 Å². The number of nitrogens with one attached hydrogen (secondary N) is 2. The van der Waals surface area contributed by atoms with Crippen molar-refractivity contribution in [2.45, 2.75) is 37.8 Å². The van der Waals surface area contributed by atoms with Gasteiger partial charge in [-0.25, -0.2) is 4.39 Å². The summed E-state index contributed by atoms with van der Waals surface area (Å²) in [5, 5.41) is 0.913. The lowest BCUT2D eigenvalue weighted by molar-refractivity contribution is 0.112. The van der Waals surface area contributed by atoms with Crippen LogP contribution in [-0.2, 0) is 5.54 Å². The van der Waals surface area contributed by atoms with Crippen molar-refractivity contribution in [3.8, 4) is 11.1 Å². The number of carbonyl (C=O) groups excluding carboxylic acids is 1. The number of aldehydes is 1. The summed E-state index contributed by atoms with van der Waals surface area (Å²) in [6, 6.07) is 11.6. The van der Waals surface area contributed by atoms with Gasteiger partial charge in [0, 0.05) is 59.3 Å². The number of benzene rings is 2. The van der Waals surface area contributed by atoms with E-state index in [0.29, 0.717) is 17.4 Å². The minimum Gasteiger partial charge on any atom is -0.400 e. The first-order valence-electron chi connectivity index (χ1n) is 13.4. The van der Waals surface area contributed by atoms with E-state index in [1.54, 1.807) is 11.9 Å². The third-order valence-electron chi connectivity index (χ3n) is 7.74. The molecule has 0 amide bonds. The largest absolute Gasteiger partial charge is 0.400 e. The van der Waals surface area contributed by atoms with E-state index in [0.717, 1.165) is 59.4 Å². The number of aromatic nitrogens is 1. The Morgan fingerprint density at radius 2 is 1.98 bits per heavy atom. The Morgan fingerprint density at radius 1 is 1.24 bits per heavy atom. The highest BCUT2D eigenvalue weighted by atomic mass is 35.5. The Labute approximate surface area is 259 Å². The molecule has 5 rings (SSSR count). The normalized spacial score (nSPS) is 18.4. The molecular weight excluding hydrogens is 596 g/mol. The second-order valence-corrected chi connectivity index (χ2v) is 11.9. The Balaban J connectivity index is 0.000000208. The molecule has 1 aromatic heterocycles. The summed E-state index contributed by atoms with van der Waals surface area (Å²) in [6.07, 6.45) is 7.15. The Bertz CT molecular complexity index is 1580. The van der Waals surface area contributed by atoms with Gasteiger partial charge in [-0.3, -0.25) is 24.2 Å². The topological polar surface area (TPSA) is 104 Å². The number of aliphatic imine (C=N–C) groups is 1. The first-order valence-corrected chi connectivity index (χ1v) is 15.4. The van der Waals surface area contributed by atoms with Gasteiger partial charge in [0.05, 0.1) is 16.3 Å². The van der Waals surface area contributed by atoms with E-state index in [1.165, 1.54) is 30.0 Å². The number of halogens is 3. The number of hydrogen-bond acceptors (Lipinski definition) is 7. The molecule has 42 heavy (non-hydrogen) atoms. The van der Waals surface area contributed by atoms with Gasteiger partial charge < -0.3 is 10.7 Å². The van der Waals surface area contributed by atoms with Gasteiger partial charge in [-0.1, -0.05) is 35.1 Å². The molecule has 4 N–H and O–H groups in total. The van der Waals surface area contributed by atoms with Crippen LogP contribution in [0.5, 0.6) is 0 Å². The lowest BCUT2D eigenvalue weighted by atomic mass is 9.90. The molecule has 2 aromatic carbocycles. The van der Waals surface area contributed by atoms with Crippen LogP contribution in [0.1, 0.15) is 47.7 Å². The summed E-state index contributed by atoms with van der Waals surface area (Å²) in [4.78, 5) is 30.9. The fourth-order valence-corrected chi connectivity index (χ4v) is 6.28. The maximum Gasteiger partial charge on any atom is 0.247 e. The summed E-state index contributed by atoms with van der Waals surface area (Å²) in [6.45, 7) is 3.13. The number of nitrogens with two attached hydrogens (primary N) is 1. The van der Waals surface area contributed by atoms with E-state index >= 15 is 0 Å². The van der Waals surface area contributed by atoms with E-state index in [1.807, 2.05) is 13.1 Å². The van der Waals surface area contributed by atoms with Gasteiger partial charge in [-0.2, -0.15) is 0 Å². The lowest BCUT2D eigenvalue weighted by Gasteiger charge is -2.33. The minimum absolute atomic E-state index is 0.0535. The third-order valence-corrected chi connectivity index (χ3v) is 8.98. The lowest BCUT2D eigenvalue weighted by Crippen LogP contribution is -2.40. The van der Waals surface area contributed by atoms with Crippen LogP contribution >= 0.6 is 35.1 Å². The fraction of sp³-hybridized carbons (Fsp3) is 0.323. The van der Waals surface area contributed by atoms with Crippen LogP contribution in [0.4, 0.5) is 4.39 Å². The van der Waals surface area contributed by atoms with E-state index in [-0.39, 0.29) is 27.7 Å². The zero-order valence-corrected chi connectivity index (χ0v) is 26.3. The highest BCUT2D eigenvalue weighted by Crippen LogP contribution is 2.47. The van der Waals surface area contributed by atoms with Gasteiger partial charge in [0.15, 0.2) is 6.29 Å². The molecule has 0 spiro atoms. The second kappa shape index (κ2) is 13.6. The number of nitrogens with zero attached hydrogens (tertiary/aromatic N) is 2. The number of H-pyrrole nitrogens is 1. The van der Waals surface area contributed by atoms with Crippen LogP contribution in [0.2, 0.25) is 10.0 Å². The second-order valence-electron chi connectivity index (χ2n) is 10.4. The van der Waals surface area contributed by atoms with Crippen molar-refractivity contribution in [2.24, 2.45) is 10.7 Å². The van der Waals surface area contributed by atoms with Crippen molar-refractivity contribution in [1.29, 1.82) is 0 Å². The van der Waals surface area contributed by atoms with Crippen molar-refractivity contribution >= 4 is 47.1 Å². The van der Waals surface area contributed by atoms with Crippen molar-refractivity contribution in [1.82, 2.24) is 14.6 Å². The van der Waals surface area contributed by atoms with Gasteiger partial charge in [0.1, 0.15) is 5.82 Å². The van der Waals surface area contributed by atoms with Gasteiger partial charge in [-0.15, -0.1) is 0 Å². The molecule has 222 valence electrons. The van der Waals surface area contributed by atoms with Crippen LogP contribution < -0.4 is 16.0 Å². The smallest absolute Gasteiger partial charge is 0.247 e. The Morgan fingerprint density at radius 3 is 2.57 bits per heavy atom. The standard InChI is InChI=1S/C19H27ClN4S.C12H7ClFNO2/c1-12-17(21)16(5-8-24(12)3)18(22-2)13-9-14(11-15(20)10-13)19(6-7-19)23-25-4;13-12-8(6-16)3-9(14)4-10(12)7-1-2-11(17)15-5-7/h9-12,23H,5-8,21H2,1-4H3;1-6H,(H,15,17). The van der Waals surface area contributed by atoms with Crippen molar-refractivity contribution in [3.63, 3.8) is 0 Å². The Kier molecular flexibility index (Phi) is 10.3. The summed E-state index contributed by atoms with van der Waals surface area (Å²) >= 11 is 14.1. The molecule has 1 saturated carbocycles. The van der Waals surface area contributed by atoms with E-state index in [2.05, 4.69) is 52.0 Å². The highest BCUT2D eigenvalue weighted by Gasteiger charge is 2.44. The van der Waals surface area contributed by atoms with Crippen LogP contribution in [0.15, 0.2) is 69.7 Å². The van der Waals surface area contributed by atoms with Gasteiger partial charge in [0.25, 0.3) is 0 Å². The summed E-state index contributed by atoms with van der Waals surface area (Å²) in [7, 11) is 3.95. The van der Waals surface area contributed by atoms with Crippen molar-refractivity contribution < 1.29 is 9.18 Å². The molecule has 1 atom stereocenters. The first kappa shape index (κ1) is 32.0. The first-order chi connectivity index (χ1) is 20.0. The molecule has 1 fully saturated rings. The molecule has 2 aliphatic rings. The molecule has 3 aromatic rings. The summed E-state index contributed by atoms with van der Waals surface area (Å²) in [5.41, 5.74) is 12.6. The summed E-state index contributed by atoms with van der Waals surface area (Å²) < 4.78 is 16.8. The average Bonchev–Trinajstić information content (AvgIpc) is 3.76. The minimum atomic E-state index is -0.558. The quantitative estimate of drug-likeness (QED) is 0.163. The molecule has 1 aliphatic carbocycles. The zero-order valence-electron chi connectivity index (χ0n) is 23.9. The number of hydrogen-bond donors (Lipinski definition) is 3. The molecule has 0 bridgehead atoms. The van der Waals surface area contributed by atoms with Crippen molar-refractivity contribution in [2.75, 3.05) is 26.9 Å². The SMILES string of the molecule is CN=C(C1=C(N)C(C)N(C)CC1)c1cc(Cl)cc(C2(NSC)CC2)c1.O=Cc1cc(F)cc(-c2ccc(=O)[nH]c2)c1Cl.